The molecule has 0 amide bonds. The van der Waals surface area contributed by atoms with Crippen LogP contribution in [0.3, 0.4) is 0 Å². The molecule has 0 radical (unpaired) electrons. The Balaban J connectivity index is 2.60. The number of rotatable bonds is 4. The van der Waals surface area contributed by atoms with E-state index in [0.29, 0.717) is 5.56 Å². The summed E-state index contributed by atoms with van der Waals surface area (Å²) in [6.07, 6.45) is -4.81. The van der Waals surface area contributed by atoms with Crippen LogP contribution in [0.1, 0.15) is 25.5 Å². The van der Waals surface area contributed by atoms with Crippen molar-refractivity contribution in [3.63, 3.8) is 0 Å². The lowest BCUT2D eigenvalue weighted by Crippen LogP contribution is -2.55. The van der Waals surface area contributed by atoms with Gasteiger partial charge >= 0.3 is 18.1 Å². The summed E-state index contributed by atoms with van der Waals surface area (Å²) in [6.45, 7) is 2.56. The van der Waals surface area contributed by atoms with Crippen LogP contribution in [0.2, 0.25) is 0 Å². The molecular formula is C17H20F3NO4. The van der Waals surface area contributed by atoms with Gasteiger partial charge in [0.2, 0.25) is 0 Å². The first-order valence-electron chi connectivity index (χ1n) is 7.81. The molecule has 1 aromatic carbocycles. The number of benzene rings is 1. The fraction of sp³-hybridized carbons (Fsp3) is 0.529. The lowest BCUT2D eigenvalue weighted by Gasteiger charge is -2.31. The average Bonchev–Trinajstić information content (AvgIpc) is 2.90. The monoisotopic (exact) mass is 359 g/mol. The van der Waals surface area contributed by atoms with E-state index < -0.39 is 41.5 Å². The molecule has 0 aromatic heterocycles. The number of nitrogens with one attached hydrogen (secondary N) is 1. The van der Waals surface area contributed by atoms with Gasteiger partial charge in [-0.1, -0.05) is 30.3 Å². The second-order valence-corrected chi connectivity index (χ2v) is 6.02. The van der Waals surface area contributed by atoms with E-state index in [4.69, 9.17) is 4.74 Å². The van der Waals surface area contributed by atoms with E-state index in [0.717, 1.165) is 14.0 Å². The zero-order chi connectivity index (χ0) is 18.8. The maximum atomic E-state index is 13.8. The molecule has 2 rings (SSSR count). The Morgan fingerprint density at radius 2 is 1.84 bits per heavy atom. The van der Waals surface area contributed by atoms with Crippen molar-refractivity contribution in [1.82, 2.24) is 5.32 Å². The molecule has 0 saturated carbocycles. The second-order valence-electron chi connectivity index (χ2n) is 6.02. The van der Waals surface area contributed by atoms with E-state index in [1.165, 1.54) is 6.92 Å². The molecule has 1 fully saturated rings. The van der Waals surface area contributed by atoms with Crippen molar-refractivity contribution in [2.45, 2.75) is 31.6 Å². The molecule has 0 bridgehead atoms. The third-order valence-corrected chi connectivity index (χ3v) is 4.48. The predicted octanol–water partition coefficient (Wildman–Crippen LogP) is 2.62. The van der Waals surface area contributed by atoms with E-state index in [2.05, 4.69) is 10.1 Å². The summed E-state index contributed by atoms with van der Waals surface area (Å²) in [4.78, 5) is 24.5. The minimum Gasteiger partial charge on any atom is -0.468 e. The summed E-state index contributed by atoms with van der Waals surface area (Å²) in [5.41, 5.74) is -1.65. The summed E-state index contributed by atoms with van der Waals surface area (Å²) in [7, 11) is 1.01. The molecule has 1 N–H and O–H groups in total. The van der Waals surface area contributed by atoms with Crippen molar-refractivity contribution in [2.24, 2.45) is 11.8 Å². The SMILES string of the molecule is CCOC(=O)[C@H]1[C@@H](c2ccccc2)N[C@@](C)(C(=O)OC)[C@H]1C(F)(F)F. The van der Waals surface area contributed by atoms with Gasteiger partial charge < -0.3 is 9.47 Å². The Labute approximate surface area is 143 Å². The standard InChI is InChI=1S/C17H20F3NO4/c1-4-25-14(22)11-12(10-8-6-5-7-9-10)21-16(2,15(23)24-3)13(11)17(18,19)20/h5-9,11-13,21H,4H2,1-3H3/t11-,12+,13-,16+/m0/s1. The van der Waals surface area contributed by atoms with Gasteiger partial charge in [0.1, 0.15) is 5.54 Å². The first kappa shape index (κ1) is 19.2. The van der Waals surface area contributed by atoms with E-state index in [1.54, 1.807) is 30.3 Å². The maximum Gasteiger partial charge on any atom is 0.395 e. The molecule has 1 heterocycles. The molecule has 1 saturated heterocycles. The van der Waals surface area contributed by atoms with Crippen molar-refractivity contribution in [3.05, 3.63) is 35.9 Å². The molecule has 8 heteroatoms. The van der Waals surface area contributed by atoms with Crippen molar-refractivity contribution >= 4 is 11.9 Å². The quantitative estimate of drug-likeness (QED) is 0.838. The van der Waals surface area contributed by atoms with Gasteiger partial charge in [-0.15, -0.1) is 0 Å². The molecular weight excluding hydrogens is 339 g/mol. The highest BCUT2D eigenvalue weighted by molar-refractivity contribution is 5.85. The van der Waals surface area contributed by atoms with Crippen LogP contribution in [0.15, 0.2) is 30.3 Å². The Morgan fingerprint density at radius 1 is 1.24 bits per heavy atom. The van der Waals surface area contributed by atoms with Crippen LogP contribution < -0.4 is 5.32 Å². The number of esters is 2. The highest BCUT2D eigenvalue weighted by atomic mass is 19.4. The number of alkyl halides is 3. The minimum atomic E-state index is -4.81. The number of ether oxygens (including phenoxy) is 2. The number of carbonyl (C=O) groups is 2. The number of methoxy groups -OCH3 is 1. The zero-order valence-electron chi connectivity index (χ0n) is 14.1. The molecule has 0 unspecified atom stereocenters. The summed E-state index contributed by atoms with van der Waals surface area (Å²) in [5.74, 6) is -5.97. The molecule has 5 nitrogen and oxygen atoms in total. The van der Waals surface area contributed by atoms with Crippen LogP contribution in [-0.2, 0) is 19.1 Å². The molecule has 25 heavy (non-hydrogen) atoms. The van der Waals surface area contributed by atoms with Gasteiger partial charge in [0.25, 0.3) is 0 Å². The molecule has 138 valence electrons. The molecule has 1 aromatic rings. The van der Waals surface area contributed by atoms with Crippen LogP contribution in [0.25, 0.3) is 0 Å². The average molecular weight is 359 g/mol. The number of carbonyl (C=O) groups excluding carboxylic acids is 2. The fourth-order valence-electron chi connectivity index (χ4n) is 3.44. The number of hydrogen-bond acceptors (Lipinski definition) is 5. The second kappa shape index (κ2) is 7.03. The van der Waals surface area contributed by atoms with Crippen LogP contribution in [0.4, 0.5) is 13.2 Å². The van der Waals surface area contributed by atoms with Gasteiger partial charge in [-0.3, -0.25) is 14.9 Å². The Hall–Kier alpha value is -2.09. The minimum absolute atomic E-state index is 0.0592. The van der Waals surface area contributed by atoms with Gasteiger partial charge in [-0.2, -0.15) is 13.2 Å². The molecule has 0 spiro atoms. The van der Waals surface area contributed by atoms with Gasteiger partial charge in [-0.25, -0.2) is 0 Å². The number of halogens is 3. The van der Waals surface area contributed by atoms with E-state index in [9.17, 15) is 22.8 Å². The largest absolute Gasteiger partial charge is 0.468 e. The number of hydrogen-bond donors (Lipinski definition) is 1. The van der Waals surface area contributed by atoms with Gasteiger partial charge in [0.05, 0.1) is 25.6 Å². The van der Waals surface area contributed by atoms with E-state index in [-0.39, 0.29) is 6.61 Å². The van der Waals surface area contributed by atoms with E-state index >= 15 is 0 Å². The summed E-state index contributed by atoms with van der Waals surface area (Å²) in [6, 6.07) is 7.17. The summed E-state index contributed by atoms with van der Waals surface area (Å²) < 4.78 is 51.0. The van der Waals surface area contributed by atoms with Crippen LogP contribution in [0, 0.1) is 11.8 Å². The van der Waals surface area contributed by atoms with Gasteiger partial charge in [0.15, 0.2) is 0 Å². The Morgan fingerprint density at radius 3 is 2.32 bits per heavy atom. The Bertz CT molecular complexity index is 635. The smallest absolute Gasteiger partial charge is 0.395 e. The Kier molecular flexibility index (Phi) is 5.41. The highest BCUT2D eigenvalue weighted by Gasteiger charge is 2.68. The first-order valence-corrected chi connectivity index (χ1v) is 7.81. The van der Waals surface area contributed by atoms with Crippen LogP contribution >= 0.6 is 0 Å². The van der Waals surface area contributed by atoms with Gasteiger partial charge in [-0.05, 0) is 19.4 Å². The van der Waals surface area contributed by atoms with Crippen molar-refractivity contribution in [1.29, 1.82) is 0 Å². The first-order chi connectivity index (χ1) is 11.7. The van der Waals surface area contributed by atoms with E-state index in [1.807, 2.05) is 0 Å². The van der Waals surface area contributed by atoms with Crippen molar-refractivity contribution in [3.8, 4) is 0 Å². The topological polar surface area (TPSA) is 64.6 Å². The zero-order valence-corrected chi connectivity index (χ0v) is 14.1. The third-order valence-electron chi connectivity index (χ3n) is 4.48. The van der Waals surface area contributed by atoms with Crippen molar-refractivity contribution in [2.75, 3.05) is 13.7 Å². The molecule has 4 atom stereocenters. The highest BCUT2D eigenvalue weighted by Crippen LogP contribution is 2.51. The van der Waals surface area contributed by atoms with Crippen LogP contribution in [0.5, 0.6) is 0 Å². The molecule has 1 aliphatic heterocycles. The maximum absolute atomic E-state index is 13.8. The molecule has 1 aliphatic rings. The third kappa shape index (κ3) is 3.49. The summed E-state index contributed by atoms with van der Waals surface area (Å²) in [5, 5.41) is 2.68. The lowest BCUT2D eigenvalue weighted by molar-refractivity contribution is -0.210. The predicted molar refractivity (Wildman–Crippen MR) is 82.4 cm³/mol. The van der Waals surface area contributed by atoms with Crippen LogP contribution in [-0.4, -0.2) is 37.4 Å². The fourth-order valence-corrected chi connectivity index (χ4v) is 3.44. The summed E-state index contributed by atoms with van der Waals surface area (Å²) >= 11 is 0. The lowest BCUT2D eigenvalue weighted by atomic mass is 9.78. The normalized spacial score (nSPS) is 29.3. The molecule has 0 aliphatic carbocycles. The van der Waals surface area contributed by atoms with Gasteiger partial charge in [0, 0.05) is 6.04 Å². The van der Waals surface area contributed by atoms with Crippen molar-refractivity contribution < 1.29 is 32.2 Å².